The number of nitrogen functional groups attached to an aromatic ring is 1. The summed E-state index contributed by atoms with van der Waals surface area (Å²) in [6, 6.07) is 18.0. The van der Waals surface area contributed by atoms with Crippen molar-refractivity contribution in [2.45, 2.75) is 16.3 Å². The Morgan fingerprint density at radius 1 is 0.966 bits per heavy atom. The number of nitrogens with two attached hydrogens (primary N) is 1. The summed E-state index contributed by atoms with van der Waals surface area (Å²) in [7, 11) is 0. The van der Waals surface area contributed by atoms with E-state index in [0.29, 0.717) is 0 Å². The fourth-order valence-corrected chi connectivity index (χ4v) is 3.52. The average molecular weight is 412 g/mol. The van der Waals surface area contributed by atoms with Crippen molar-refractivity contribution in [1.29, 1.82) is 10.5 Å². The number of anilines is 1. The van der Waals surface area contributed by atoms with Gasteiger partial charge >= 0.3 is 6.36 Å². The third kappa shape index (κ3) is 4.60. The van der Waals surface area contributed by atoms with E-state index in [-0.39, 0.29) is 33.1 Å². The van der Waals surface area contributed by atoms with E-state index in [2.05, 4.69) is 9.72 Å². The molecule has 3 aromatic rings. The summed E-state index contributed by atoms with van der Waals surface area (Å²) in [4.78, 5) is 4.94. The molecule has 144 valence electrons. The van der Waals surface area contributed by atoms with Gasteiger partial charge in [-0.05, 0) is 29.8 Å². The summed E-state index contributed by atoms with van der Waals surface area (Å²) >= 11 is 1.16. The Morgan fingerprint density at radius 3 is 2.28 bits per heavy atom. The molecule has 9 heteroatoms. The normalized spacial score (nSPS) is 10.8. The maximum absolute atomic E-state index is 12.6. The molecule has 0 aliphatic carbocycles. The molecule has 5 nitrogen and oxygen atoms in total. The molecule has 0 saturated heterocycles. The standard InChI is InChI=1S/C20H11F3N4OS/c21-20(22,23)28-13-6-4-5-12(9-13)17-15(10-24)18(26)27-19(16(17)11-25)29-14-7-2-1-3-8-14/h1-9H,(H2,26,27). The second kappa shape index (κ2) is 8.13. The Balaban J connectivity index is 2.19. The summed E-state index contributed by atoms with van der Waals surface area (Å²) in [5, 5.41) is 19.5. The maximum atomic E-state index is 12.6. The number of hydrogen-bond acceptors (Lipinski definition) is 6. The van der Waals surface area contributed by atoms with Crippen LogP contribution in [0.4, 0.5) is 19.0 Å². The van der Waals surface area contributed by atoms with Gasteiger partial charge in [-0.15, -0.1) is 13.2 Å². The van der Waals surface area contributed by atoms with E-state index in [0.717, 1.165) is 28.8 Å². The van der Waals surface area contributed by atoms with Crippen LogP contribution in [-0.4, -0.2) is 11.3 Å². The summed E-state index contributed by atoms with van der Waals surface area (Å²) in [5.41, 5.74) is 6.15. The minimum Gasteiger partial charge on any atom is -0.406 e. The van der Waals surface area contributed by atoms with Gasteiger partial charge in [-0.3, -0.25) is 0 Å². The molecule has 1 aromatic heterocycles. The molecule has 0 amide bonds. The Morgan fingerprint density at radius 2 is 1.66 bits per heavy atom. The quantitative estimate of drug-likeness (QED) is 0.639. The number of halogens is 3. The second-order valence-electron chi connectivity index (χ2n) is 5.64. The third-order valence-electron chi connectivity index (χ3n) is 3.73. The monoisotopic (exact) mass is 412 g/mol. The number of hydrogen-bond donors (Lipinski definition) is 1. The Hall–Kier alpha value is -3.69. The molecule has 0 saturated carbocycles. The van der Waals surface area contributed by atoms with E-state index >= 15 is 0 Å². The first-order valence-electron chi connectivity index (χ1n) is 8.05. The number of nitrogens with zero attached hydrogens (tertiary/aromatic N) is 3. The highest BCUT2D eigenvalue weighted by molar-refractivity contribution is 7.99. The third-order valence-corrected chi connectivity index (χ3v) is 4.73. The SMILES string of the molecule is N#Cc1c(N)nc(Sc2ccccc2)c(C#N)c1-c1cccc(OC(F)(F)F)c1. The fourth-order valence-electron chi connectivity index (χ4n) is 2.61. The molecule has 0 fully saturated rings. The molecular weight excluding hydrogens is 401 g/mol. The number of ether oxygens (including phenoxy) is 1. The predicted molar refractivity (Wildman–Crippen MR) is 101 cm³/mol. The van der Waals surface area contributed by atoms with Crippen molar-refractivity contribution in [3.63, 3.8) is 0 Å². The molecule has 1 heterocycles. The lowest BCUT2D eigenvalue weighted by Gasteiger charge is -2.14. The van der Waals surface area contributed by atoms with Gasteiger partial charge < -0.3 is 10.5 Å². The molecule has 0 aliphatic heterocycles. The zero-order valence-electron chi connectivity index (χ0n) is 14.6. The Labute approximate surface area is 168 Å². The summed E-state index contributed by atoms with van der Waals surface area (Å²) < 4.78 is 41.7. The van der Waals surface area contributed by atoms with Crippen LogP contribution in [0.15, 0.2) is 64.5 Å². The topological polar surface area (TPSA) is 95.7 Å². The van der Waals surface area contributed by atoms with Crippen LogP contribution in [0.2, 0.25) is 0 Å². The van der Waals surface area contributed by atoms with Gasteiger partial charge in [0.2, 0.25) is 0 Å². The average Bonchev–Trinajstić information content (AvgIpc) is 2.67. The van der Waals surface area contributed by atoms with Crippen molar-refractivity contribution in [1.82, 2.24) is 4.98 Å². The largest absolute Gasteiger partial charge is 0.573 e. The molecule has 29 heavy (non-hydrogen) atoms. The molecule has 0 unspecified atom stereocenters. The number of nitriles is 2. The molecule has 0 radical (unpaired) electrons. The van der Waals surface area contributed by atoms with Crippen molar-refractivity contribution in [3.8, 4) is 29.0 Å². The van der Waals surface area contributed by atoms with Gasteiger partial charge in [-0.25, -0.2) is 4.98 Å². The van der Waals surface area contributed by atoms with Crippen molar-refractivity contribution in [3.05, 3.63) is 65.7 Å². The zero-order chi connectivity index (χ0) is 21.0. The fraction of sp³-hybridized carbons (Fsp3) is 0.0500. The van der Waals surface area contributed by atoms with Crippen molar-refractivity contribution < 1.29 is 17.9 Å². The van der Waals surface area contributed by atoms with Crippen LogP contribution in [0, 0.1) is 22.7 Å². The van der Waals surface area contributed by atoms with Crippen LogP contribution in [0.1, 0.15) is 11.1 Å². The van der Waals surface area contributed by atoms with Crippen molar-refractivity contribution in [2.24, 2.45) is 0 Å². The molecular formula is C20H11F3N4OS. The van der Waals surface area contributed by atoms with Crippen LogP contribution in [0.5, 0.6) is 5.75 Å². The van der Waals surface area contributed by atoms with Crippen LogP contribution in [0.3, 0.4) is 0 Å². The highest BCUT2D eigenvalue weighted by Crippen LogP contribution is 2.39. The first-order valence-corrected chi connectivity index (χ1v) is 8.87. The number of aromatic nitrogens is 1. The van der Waals surface area contributed by atoms with Gasteiger partial charge in [0.15, 0.2) is 0 Å². The van der Waals surface area contributed by atoms with Crippen molar-refractivity contribution >= 4 is 17.6 Å². The smallest absolute Gasteiger partial charge is 0.406 e. The number of alkyl halides is 3. The predicted octanol–water partition coefficient (Wildman–Crippen LogP) is 5.12. The van der Waals surface area contributed by atoms with Crippen LogP contribution < -0.4 is 10.5 Å². The molecule has 0 atom stereocenters. The Bertz CT molecular complexity index is 1140. The molecule has 3 rings (SSSR count). The van der Waals surface area contributed by atoms with Gasteiger partial charge in [0, 0.05) is 10.5 Å². The number of rotatable bonds is 4. The van der Waals surface area contributed by atoms with Crippen LogP contribution in [0.25, 0.3) is 11.1 Å². The first-order chi connectivity index (χ1) is 13.8. The molecule has 0 spiro atoms. The van der Waals surface area contributed by atoms with E-state index < -0.39 is 12.1 Å². The summed E-state index contributed by atoms with van der Waals surface area (Å²) in [6.45, 7) is 0. The van der Waals surface area contributed by atoms with E-state index in [9.17, 15) is 23.7 Å². The van der Waals surface area contributed by atoms with Gasteiger partial charge in [-0.1, -0.05) is 42.1 Å². The minimum atomic E-state index is -4.87. The van der Waals surface area contributed by atoms with Gasteiger partial charge in [0.25, 0.3) is 0 Å². The molecule has 0 aliphatic rings. The molecule has 2 aromatic carbocycles. The highest BCUT2D eigenvalue weighted by atomic mass is 32.2. The summed E-state index contributed by atoms with van der Waals surface area (Å²) in [6.07, 6.45) is -4.87. The second-order valence-corrected chi connectivity index (χ2v) is 6.70. The lowest BCUT2D eigenvalue weighted by atomic mass is 9.96. The summed E-state index contributed by atoms with van der Waals surface area (Å²) in [5.74, 6) is -0.600. The van der Waals surface area contributed by atoms with Crippen LogP contribution in [-0.2, 0) is 0 Å². The van der Waals surface area contributed by atoms with E-state index in [1.165, 1.54) is 12.1 Å². The van der Waals surface area contributed by atoms with E-state index in [1.807, 2.05) is 18.2 Å². The van der Waals surface area contributed by atoms with Crippen LogP contribution >= 0.6 is 11.8 Å². The molecule has 0 bridgehead atoms. The Kier molecular flexibility index (Phi) is 5.62. The maximum Gasteiger partial charge on any atom is 0.573 e. The lowest BCUT2D eigenvalue weighted by Crippen LogP contribution is -2.17. The van der Waals surface area contributed by atoms with E-state index in [4.69, 9.17) is 5.73 Å². The minimum absolute atomic E-state index is 0.0359. The van der Waals surface area contributed by atoms with Gasteiger partial charge in [0.1, 0.15) is 34.3 Å². The van der Waals surface area contributed by atoms with E-state index in [1.54, 1.807) is 24.3 Å². The first kappa shape index (κ1) is 20.1. The number of pyridine rings is 1. The van der Waals surface area contributed by atoms with Gasteiger partial charge in [-0.2, -0.15) is 10.5 Å². The highest BCUT2D eigenvalue weighted by Gasteiger charge is 2.31. The number of benzene rings is 2. The van der Waals surface area contributed by atoms with Gasteiger partial charge in [0.05, 0.1) is 5.56 Å². The zero-order valence-corrected chi connectivity index (χ0v) is 15.4. The molecule has 2 N–H and O–H groups in total. The van der Waals surface area contributed by atoms with Crippen molar-refractivity contribution in [2.75, 3.05) is 5.73 Å². The lowest BCUT2D eigenvalue weighted by molar-refractivity contribution is -0.274.